The average molecular weight is 250 g/mol. The Kier molecular flexibility index (Phi) is 4.73. The van der Waals surface area contributed by atoms with Gasteiger partial charge in [0.15, 0.2) is 0 Å². The molecule has 1 saturated heterocycles. The molecule has 0 amide bonds. The van der Waals surface area contributed by atoms with Crippen molar-refractivity contribution in [3.05, 3.63) is 0 Å². The molecule has 0 aromatic rings. The number of nitrogens with zero attached hydrogens (tertiary/aromatic N) is 1. The molecule has 0 radical (unpaired) electrons. The molecule has 0 unspecified atom stereocenters. The van der Waals surface area contributed by atoms with Crippen molar-refractivity contribution in [1.29, 1.82) is 0 Å². The largest absolute Gasteiger partial charge is 0.301 e. The van der Waals surface area contributed by atoms with Crippen LogP contribution in [0.25, 0.3) is 0 Å². The average Bonchev–Trinajstić information content (AvgIpc) is 2.42. The van der Waals surface area contributed by atoms with E-state index in [0.717, 1.165) is 25.7 Å². The fourth-order valence-electron chi connectivity index (χ4n) is 1.51. The van der Waals surface area contributed by atoms with Crippen LogP contribution in [0.5, 0.6) is 0 Å². The molecule has 0 aromatic carbocycles. The van der Waals surface area contributed by atoms with Gasteiger partial charge in [0, 0.05) is 13.1 Å². The first-order valence-corrected chi connectivity index (χ1v) is 7.20. The van der Waals surface area contributed by atoms with Crippen LogP contribution in [-0.4, -0.2) is 31.4 Å². The van der Waals surface area contributed by atoms with E-state index in [9.17, 15) is 8.42 Å². The summed E-state index contributed by atoms with van der Waals surface area (Å²) < 4.78 is 25.2. The molecule has 96 valence electrons. The fraction of sp³-hybridized carbons (Fsp3) is 1.00. The number of hydrogen-bond acceptors (Lipinski definition) is 3. The molecule has 0 aromatic heterocycles. The highest BCUT2D eigenvalue weighted by molar-refractivity contribution is 7.87. The lowest BCUT2D eigenvalue weighted by Crippen LogP contribution is -2.44. The van der Waals surface area contributed by atoms with Gasteiger partial charge in [0.05, 0.1) is 5.60 Å². The summed E-state index contributed by atoms with van der Waals surface area (Å²) in [4.78, 5) is 7.30. The predicted octanol–water partition coefficient (Wildman–Crippen LogP) is 1.43. The Morgan fingerprint density at radius 1 is 1.06 bits per heavy atom. The zero-order valence-electron chi connectivity index (χ0n) is 10.3. The van der Waals surface area contributed by atoms with Gasteiger partial charge in [-0.05, 0) is 33.6 Å². The summed E-state index contributed by atoms with van der Waals surface area (Å²) in [5.41, 5.74) is -0.515. The molecule has 16 heavy (non-hydrogen) atoms. The molecular weight excluding hydrogens is 228 g/mol. The van der Waals surface area contributed by atoms with Gasteiger partial charge in [-0.2, -0.15) is 12.7 Å². The minimum Gasteiger partial charge on any atom is -0.280 e. The second-order valence-corrected chi connectivity index (χ2v) is 6.75. The van der Waals surface area contributed by atoms with Gasteiger partial charge in [-0.15, -0.1) is 0 Å². The maximum absolute atomic E-state index is 11.9. The van der Waals surface area contributed by atoms with Crippen molar-refractivity contribution in [2.75, 3.05) is 13.1 Å². The highest BCUT2D eigenvalue weighted by Gasteiger charge is 2.25. The molecule has 0 bridgehead atoms. The summed E-state index contributed by atoms with van der Waals surface area (Å²) in [6.45, 7) is 6.58. The van der Waals surface area contributed by atoms with Crippen molar-refractivity contribution >= 4 is 10.2 Å². The van der Waals surface area contributed by atoms with Crippen LogP contribution in [0.3, 0.4) is 0 Å². The van der Waals surface area contributed by atoms with Crippen molar-refractivity contribution < 1.29 is 13.3 Å². The highest BCUT2D eigenvalue weighted by atomic mass is 32.2. The van der Waals surface area contributed by atoms with Gasteiger partial charge in [-0.25, -0.2) is 0 Å². The van der Waals surface area contributed by atoms with E-state index in [-0.39, 0.29) is 0 Å². The van der Waals surface area contributed by atoms with Gasteiger partial charge in [0.2, 0.25) is 0 Å². The normalized spacial score (nSPS) is 20.7. The third kappa shape index (κ3) is 4.78. The molecule has 1 fully saturated rings. The van der Waals surface area contributed by atoms with Crippen LogP contribution in [-0.2, 0) is 15.0 Å². The SMILES string of the molecule is CC(C)(C)ONS(=O)(=O)N1CCCCCC1. The molecule has 0 aliphatic carbocycles. The van der Waals surface area contributed by atoms with Crippen molar-refractivity contribution in [3.63, 3.8) is 0 Å². The van der Waals surface area contributed by atoms with Crippen LogP contribution in [0.15, 0.2) is 0 Å². The highest BCUT2D eigenvalue weighted by Crippen LogP contribution is 2.13. The van der Waals surface area contributed by atoms with E-state index in [1.807, 2.05) is 0 Å². The van der Waals surface area contributed by atoms with Crippen molar-refractivity contribution in [3.8, 4) is 0 Å². The first-order chi connectivity index (χ1) is 7.31. The molecule has 1 N–H and O–H groups in total. The van der Waals surface area contributed by atoms with E-state index < -0.39 is 15.8 Å². The van der Waals surface area contributed by atoms with E-state index in [2.05, 4.69) is 4.89 Å². The summed E-state index contributed by atoms with van der Waals surface area (Å²) in [6, 6.07) is 0. The Hall–Kier alpha value is -0.170. The number of hydrogen-bond donors (Lipinski definition) is 1. The van der Waals surface area contributed by atoms with Crippen LogP contribution in [0.2, 0.25) is 0 Å². The van der Waals surface area contributed by atoms with Crippen molar-refractivity contribution in [2.45, 2.75) is 52.1 Å². The lowest BCUT2D eigenvalue weighted by Gasteiger charge is -2.24. The van der Waals surface area contributed by atoms with Crippen LogP contribution in [0.1, 0.15) is 46.5 Å². The maximum Gasteiger partial charge on any atom is 0.301 e. The first-order valence-electron chi connectivity index (χ1n) is 5.76. The third-order valence-corrected chi connectivity index (χ3v) is 3.70. The maximum atomic E-state index is 11.9. The minimum absolute atomic E-state index is 0.515. The molecule has 1 aliphatic heterocycles. The van der Waals surface area contributed by atoms with Gasteiger partial charge >= 0.3 is 10.2 Å². The monoisotopic (exact) mass is 250 g/mol. The molecule has 6 heteroatoms. The van der Waals surface area contributed by atoms with Crippen molar-refractivity contribution in [2.24, 2.45) is 0 Å². The van der Waals surface area contributed by atoms with Gasteiger partial charge in [-0.3, -0.25) is 4.84 Å². The van der Waals surface area contributed by atoms with Crippen LogP contribution in [0, 0.1) is 0 Å². The second kappa shape index (κ2) is 5.44. The van der Waals surface area contributed by atoms with Gasteiger partial charge < -0.3 is 0 Å². The number of rotatable bonds is 3. The minimum atomic E-state index is -3.48. The van der Waals surface area contributed by atoms with E-state index in [0.29, 0.717) is 13.1 Å². The van der Waals surface area contributed by atoms with Crippen LogP contribution in [0.4, 0.5) is 0 Å². The predicted molar refractivity (Wildman–Crippen MR) is 62.9 cm³/mol. The van der Waals surface area contributed by atoms with E-state index in [4.69, 9.17) is 4.84 Å². The molecular formula is C10H22N2O3S. The molecule has 0 saturated carbocycles. The Bertz CT molecular complexity index is 301. The standard InChI is InChI=1S/C10H22N2O3S/c1-10(2,3)15-11-16(13,14)12-8-6-4-5-7-9-12/h11H,4-9H2,1-3H3. The third-order valence-electron chi connectivity index (χ3n) is 2.36. The summed E-state index contributed by atoms with van der Waals surface area (Å²) in [5, 5.41) is 0. The van der Waals surface area contributed by atoms with Gasteiger partial charge in [0.1, 0.15) is 0 Å². The van der Waals surface area contributed by atoms with E-state index >= 15 is 0 Å². The van der Waals surface area contributed by atoms with Crippen molar-refractivity contribution in [1.82, 2.24) is 9.19 Å². The number of nitrogens with one attached hydrogen (secondary N) is 1. The van der Waals surface area contributed by atoms with Crippen LogP contribution < -0.4 is 4.89 Å². The van der Waals surface area contributed by atoms with Crippen LogP contribution >= 0.6 is 0 Å². The Labute approximate surface area is 98.3 Å². The second-order valence-electron chi connectivity index (χ2n) is 5.12. The topological polar surface area (TPSA) is 58.6 Å². The van der Waals surface area contributed by atoms with E-state index in [1.165, 1.54) is 4.31 Å². The van der Waals surface area contributed by atoms with E-state index in [1.54, 1.807) is 20.8 Å². The Morgan fingerprint density at radius 2 is 1.56 bits per heavy atom. The zero-order valence-corrected chi connectivity index (χ0v) is 11.1. The molecule has 0 spiro atoms. The lowest BCUT2D eigenvalue weighted by molar-refractivity contribution is -0.0381. The summed E-state index contributed by atoms with van der Waals surface area (Å²) in [5.74, 6) is 0. The zero-order chi connectivity index (χ0) is 12.2. The Balaban J connectivity index is 2.55. The molecule has 1 rings (SSSR count). The first kappa shape index (κ1) is 13.9. The fourth-order valence-corrected chi connectivity index (χ4v) is 2.71. The molecule has 1 aliphatic rings. The quantitative estimate of drug-likeness (QED) is 0.771. The lowest BCUT2D eigenvalue weighted by atomic mass is 10.2. The smallest absolute Gasteiger partial charge is 0.280 e. The summed E-state index contributed by atoms with van der Waals surface area (Å²) >= 11 is 0. The summed E-state index contributed by atoms with van der Waals surface area (Å²) in [6.07, 6.45) is 4.06. The Morgan fingerprint density at radius 3 is 2.00 bits per heavy atom. The summed E-state index contributed by atoms with van der Waals surface area (Å²) in [7, 11) is -3.48. The molecule has 0 atom stereocenters. The van der Waals surface area contributed by atoms with Gasteiger partial charge in [-0.1, -0.05) is 17.7 Å². The van der Waals surface area contributed by atoms with Gasteiger partial charge in [0.25, 0.3) is 0 Å². The molecule has 1 heterocycles. The molecule has 5 nitrogen and oxygen atoms in total.